The van der Waals surface area contributed by atoms with Gasteiger partial charge in [0, 0.05) is 14.7 Å². The summed E-state index contributed by atoms with van der Waals surface area (Å²) in [4.78, 5) is 11.4. The first kappa shape index (κ1) is 11.1. The zero-order valence-corrected chi connectivity index (χ0v) is 11.3. The number of thiophene rings is 2. The van der Waals surface area contributed by atoms with Crippen LogP contribution in [-0.2, 0) is 6.42 Å². The SMILES string of the molecule is Cc1c(C(=O)O)sc2c(CCBr)csc12. The Bertz CT molecular complexity index is 513. The maximum absolute atomic E-state index is 11.0. The third kappa shape index (κ3) is 1.84. The van der Waals surface area contributed by atoms with Crippen molar-refractivity contribution in [2.75, 3.05) is 5.33 Å². The van der Waals surface area contributed by atoms with E-state index in [9.17, 15) is 4.79 Å². The molecule has 2 heterocycles. The van der Waals surface area contributed by atoms with Crippen molar-refractivity contribution in [2.24, 2.45) is 0 Å². The van der Waals surface area contributed by atoms with Crippen LogP contribution >= 0.6 is 38.6 Å². The summed E-state index contributed by atoms with van der Waals surface area (Å²) in [7, 11) is 0. The number of carbonyl (C=O) groups is 1. The standard InChI is InChI=1S/C10H9BrO2S2/c1-5-7-9(15-8(5)10(12)13)6(2-3-11)4-14-7/h4H,2-3H2,1H3,(H,12,13). The third-order valence-electron chi connectivity index (χ3n) is 2.26. The van der Waals surface area contributed by atoms with Gasteiger partial charge in [0.15, 0.2) is 0 Å². The molecule has 0 unspecified atom stereocenters. The fourth-order valence-corrected chi connectivity index (χ4v) is 4.45. The minimum atomic E-state index is -0.814. The summed E-state index contributed by atoms with van der Waals surface area (Å²) in [5.74, 6) is -0.814. The van der Waals surface area contributed by atoms with E-state index in [1.54, 1.807) is 11.3 Å². The van der Waals surface area contributed by atoms with Crippen molar-refractivity contribution in [1.29, 1.82) is 0 Å². The maximum Gasteiger partial charge on any atom is 0.346 e. The lowest BCUT2D eigenvalue weighted by atomic mass is 10.2. The molecule has 0 radical (unpaired) electrons. The molecule has 0 saturated heterocycles. The molecular formula is C10H9BrO2S2. The number of carboxylic acids is 1. The fraction of sp³-hybridized carbons (Fsp3) is 0.300. The Labute approximate surface area is 104 Å². The normalized spacial score (nSPS) is 11.1. The van der Waals surface area contributed by atoms with Crippen LogP contribution in [0, 0.1) is 6.92 Å². The van der Waals surface area contributed by atoms with Crippen molar-refractivity contribution >= 4 is 54.0 Å². The van der Waals surface area contributed by atoms with Crippen LogP contribution in [0.5, 0.6) is 0 Å². The Kier molecular flexibility index (Phi) is 3.13. The van der Waals surface area contributed by atoms with Crippen molar-refractivity contribution < 1.29 is 9.90 Å². The molecule has 80 valence electrons. The Morgan fingerprint density at radius 2 is 2.27 bits per heavy atom. The van der Waals surface area contributed by atoms with Gasteiger partial charge in [-0.15, -0.1) is 22.7 Å². The highest BCUT2D eigenvalue weighted by molar-refractivity contribution is 9.09. The molecule has 2 rings (SSSR count). The van der Waals surface area contributed by atoms with Crippen molar-refractivity contribution in [3.63, 3.8) is 0 Å². The van der Waals surface area contributed by atoms with E-state index in [1.807, 2.05) is 6.92 Å². The first-order valence-electron chi connectivity index (χ1n) is 4.44. The molecule has 0 spiro atoms. The molecule has 0 aliphatic rings. The van der Waals surface area contributed by atoms with Crippen LogP contribution < -0.4 is 0 Å². The summed E-state index contributed by atoms with van der Waals surface area (Å²) in [5.41, 5.74) is 2.17. The van der Waals surface area contributed by atoms with Crippen LogP contribution in [0.3, 0.4) is 0 Å². The Morgan fingerprint density at radius 3 is 2.87 bits per heavy atom. The lowest BCUT2D eigenvalue weighted by Crippen LogP contribution is -1.93. The van der Waals surface area contributed by atoms with E-state index in [-0.39, 0.29) is 0 Å². The number of fused-ring (bicyclic) bond motifs is 1. The molecule has 0 aliphatic heterocycles. The van der Waals surface area contributed by atoms with Gasteiger partial charge in [0.2, 0.25) is 0 Å². The predicted octanol–water partition coefficient (Wildman–Crippen LogP) is 3.91. The van der Waals surface area contributed by atoms with Gasteiger partial charge in [-0.2, -0.15) is 0 Å². The summed E-state index contributed by atoms with van der Waals surface area (Å²) in [5, 5.41) is 12.1. The van der Waals surface area contributed by atoms with Gasteiger partial charge in [-0.05, 0) is 29.9 Å². The average molecular weight is 305 g/mol. The molecular weight excluding hydrogens is 296 g/mol. The first-order chi connectivity index (χ1) is 7.15. The monoisotopic (exact) mass is 304 g/mol. The zero-order chi connectivity index (χ0) is 11.0. The highest BCUT2D eigenvalue weighted by Gasteiger charge is 2.17. The smallest absolute Gasteiger partial charge is 0.346 e. The van der Waals surface area contributed by atoms with Crippen molar-refractivity contribution in [2.45, 2.75) is 13.3 Å². The highest BCUT2D eigenvalue weighted by atomic mass is 79.9. The van der Waals surface area contributed by atoms with Crippen LogP contribution in [0.25, 0.3) is 9.40 Å². The largest absolute Gasteiger partial charge is 0.477 e. The number of hydrogen-bond acceptors (Lipinski definition) is 3. The van der Waals surface area contributed by atoms with Gasteiger partial charge in [-0.25, -0.2) is 4.79 Å². The first-order valence-corrected chi connectivity index (χ1v) is 7.25. The predicted molar refractivity (Wildman–Crippen MR) is 68.9 cm³/mol. The van der Waals surface area contributed by atoms with Crippen LogP contribution in [0.2, 0.25) is 0 Å². The average Bonchev–Trinajstić information content (AvgIpc) is 2.69. The second kappa shape index (κ2) is 4.23. The lowest BCUT2D eigenvalue weighted by molar-refractivity contribution is 0.0701. The van der Waals surface area contributed by atoms with E-state index in [4.69, 9.17) is 5.11 Å². The second-order valence-corrected chi connectivity index (χ2v) is 5.91. The topological polar surface area (TPSA) is 37.3 Å². The number of rotatable bonds is 3. The fourth-order valence-electron chi connectivity index (χ4n) is 1.51. The second-order valence-electron chi connectivity index (χ2n) is 3.22. The van der Waals surface area contributed by atoms with E-state index in [0.717, 1.165) is 26.7 Å². The minimum Gasteiger partial charge on any atom is -0.477 e. The molecule has 0 bridgehead atoms. The number of aromatic carboxylic acids is 1. The van der Waals surface area contributed by atoms with Gasteiger partial charge in [0.25, 0.3) is 0 Å². The molecule has 0 aliphatic carbocycles. The Morgan fingerprint density at radius 1 is 1.53 bits per heavy atom. The van der Waals surface area contributed by atoms with E-state index in [0.29, 0.717) is 4.88 Å². The number of carboxylic acid groups (broad SMARTS) is 1. The molecule has 15 heavy (non-hydrogen) atoms. The summed E-state index contributed by atoms with van der Waals surface area (Å²) < 4.78 is 2.28. The maximum atomic E-state index is 11.0. The molecule has 2 aromatic heterocycles. The number of aryl methyl sites for hydroxylation is 2. The van der Waals surface area contributed by atoms with Crippen molar-refractivity contribution in [3.8, 4) is 0 Å². The molecule has 0 aromatic carbocycles. The molecule has 0 fully saturated rings. The van der Waals surface area contributed by atoms with E-state index in [1.165, 1.54) is 16.9 Å². The van der Waals surface area contributed by atoms with Gasteiger partial charge >= 0.3 is 5.97 Å². The van der Waals surface area contributed by atoms with Crippen LogP contribution in [0.15, 0.2) is 5.38 Å². The minimum absolute atomic E-state index is 0.479. The third-order valence-corrected chi connectivity index (χ3v) is 5.29. The van der Waals surface area contributed by atoms with Gasteiger partial charge in [-0.1, -0.05) is 15.9 Å². The molecule has 2 aromatic rings. The zero-order valence-electron chi connectivity index (χ0n) is 8.04. The quantitative estimate of drug-likeness (QED) is 0.873. The molecule has 0 saturated carbocycles. The Hall–Kier alpha value is -0.390. The van der Waals surface area contributed by atoms with Crippen molar-refractivity contribution in [1.82, 2.24) is 0 Å². The van der Waals surface area contributed by atoms with E-state index >= 15 is 0 Å². The van der Waals surface area contributed by atoms with Gasteiger partial charge in [0.05, 0.1) is 0 Å². The van der Waals surface area contributed by atoms with Crippen LogP contribution in [-0.4, -0.2) is 16.4 Å². The molecule has 5 heteroatoms. The molecule has 1 N–H and O–H groups in total. The van der Waals surface area contributed by atoms with Gasteiger partial charge in [0.1, 0.15) is 4.88 Å². The summed E-state index contributed by atoms with van der Waals surface area (Å²) in [6, 6.07) is 0. The summed E-state index contributed by atoms with van der Waals surface area (Å²) in [6.07, 6.45) is 0.957. The van der Waals surface area contributed by atoms with Crippen molar-refractivity contribution in [3.05, 3.63) is 21.4 Å². The number of hydrogen-bond donors (Lipinski definition) is 1. The van der Waals surface area contributed by atoms with Gasteiger partial charge < -0.3 is 5.11 Å². The molecule has 0 amide bonds. The Balaban J connectivity index is 2.61. The molecule has 2 nitrogen and oxygen atoms in total. The molecule has 0 atom stereocenters. The van der Waals surface area contributed by atoms with Crippen LogP contribution in [0.4, 0.5) is 0 Å². The van der Waals surface area contributed by atoms with E-state index < -0.39 is 5.97 Å². The summed E-state index contributed by atoms with van der Waals surface area (Å²) >= 11 is 6.44. The van der Waals surface area contributed by atoms with E-state index in [2.05, 4.69) is 21.3 Å². The highest BCUT2D eigenvalue weighted by Crippen LogP contribution is 2.38. The number of halogens is 1. The van der Waals surface area contributed by atoms with Gasteiger partial charge in [-0.3, -0.25) is 0 Å². The summed E-state index contributed by atoms with van der Waals surface area (Å²) in [6.45, 7) is 1.89. The number of alkyl halides is 1. The lowest BCUT2D eigenvalue weighted by Gasteiger charge is -1.90. The van der Waals surface area contributed by atoms with Crippen LogP contribution in [0.1, 0.15) is 20.8 Å².